The van der Waals surface area contributed by atoms with Crippen LogP contribution in [0.1, 0.15) is 36.1 Å². The molecule has 3 heteroatoms. The lowest BCUT2D eigenvalue weighted by atomic mass is 10.1. The first-order valence-corrected chi connectivity index (χ1v) is 7.35. The number of nitrogens with zero attached hydrogens (tertiary/aromatic N) is 1. The predicted octanol–water partition coefficient (Wildman–Crippen LogP) is 4.88. The molecular formula is C19H25NO2. The Morgan fingerprint density at radius 1 is 0.818 bits per heavy atom. The van der Waals surface area contributed by atoms with Crippen molar-refractivity contribution in [1.82, 2.24) is 0 Å². The topological polar surface area (TPSA) is 41.8 Å². The highest BCUT2D eigenvalue weighted by molar-refractivity contribution is 5.78. The van der Waals surface area contributed by atoms with Gasteiger partial charge in [-0.25, -0.2) is 0 Å². The van der Waals surface area contributed by atoms with Crippen molar-refractivity contribution in [2.45, 2.75) is 40.9 Å². The molecule has 1 N–H and O–H groups in total. The summed E-state index contributed by atoms with van der Waals surface area (Å²) in [6.45, 7) is 8.98. The Balaban J connectivity index is 0.000000422. The number of hydrogen-bond acceptors (Lipinski definition) is 3. The number of rotatable bonds is 4. The van der Waals surface area contributed by atoms with Gasteiger partial charge in [-0.2, -0.15) is 0 Å². The molecule has 2 rings (SSSR count). The lowest BCUT2D eigenvalue weighted by molar-refractivity contribution is 0.107. The summed E-state index contributed by atoms with van der Waals surface area (Å²) in [6.07, 6.45) is 0. The van der Waals surface area contributed by atoms with E-state index >= 15 is 0 Å². The molecule has 0 saturated heterocycles. The highest BCUT2D eigenvalue weighted by Gasteiger charge is 1.95. The molecule has 118 valence electrons. The van der Waals surface area contributed by atoms with Crippen LogP contribution in [0.25, 0.3) is 0 Å². The minimum absolute atomic E-state index is 0.675. The fraction of sp³-hybridized carbons (Fsp3) is 0.316. The van der Waals surface area contributed by atoms with Crippen molar-refractivity contribution in [2.24, 2.45) is 5.16 Å². The van der Waals surface area contributed by atoms with Crippen molar-refractivity contribution in [3.8, 4) is 0 Å². The Bertz CT molecular complexity index is 522. The van der Waals surface area contributed by atoms with Gasteiger partial charge < -0.3 is 9.94 Å². The molecule has 0 amide bonds. The van der Waals surface area contributed by atoms with E-state index in [-0.39, 0.29) is 0 Å². The van der Waals surface area contributed by atoms with E-state index in [1.807, 2.05) is 0 Å². The van der Waals surface area contributed by atoms with Crippen LogP contribution in [0.2, 0.25) is 0 Å². The zero-order chi connectivity index (χ0) is 16.4. The molecule has 2 aromatic carbocycles. The third-order valence-corrected chi connectivity index (χ3v) is 2.98. The Hall–Kier alpha value is -2.13. The largest absolute Gasteiger partial charge is 0.411 e. The molecular weight excluding hydrogens is 274 g/mol. The molecule has 0 aliphatic rings. The molecule has 0 aliphatic carbocycles. The molecule has 0 fully saturated rings. The van der Waals surface area contributed by atoms with Crippen molar-refractivity contribution in [1.29, 1.82) is 0 Å². The van der Waals surface area contributed by atoms with E-state index in [0.717, 1.165) is 0 Å². The summed E-state index contributed by atoms with van der Waals surface area (Å²) < 4.78 is 5.69. The highest BCUT2D eigenvalue weighted by Crippen LogP contribution is 2.08. The second kappa shape index (κ2) is 9.74. The molecule has 0 unspecified atom stereocenters. The average molecular weight is 299 g/mol. The summed E-state index contributed by atoms with van der Waals surface area (Å²) in [6, 6.07) is 16.9. The Kier molecular flexibility index (Phi) is 7.94. The fourth-order valence-corrected chi connectivity index (χ4v) is 1.66. The first-order chi connectivity index (χ1) is 10.5. The van der Waals surface area contributed by atoms with Crippen molar-refractivity contribution in [3.63, 3.8) is 0 Å². The van der Waals surface area contributed by atoms with E-state index in [4.69, 9.17) is 9.94 Å². The van der Waals surface area contributed by atoms with Gasteiger partial charge in [-0.05, 0) is 38.8 Å². The number of oxime groups is 1. The van der Waals surface area contributed by atoms with Gasteiger partial charge >= 0.3 is 0 Å². The molecule has 0 spiro atoms. The van der Waals surface area contributed by atoms with Gasteiger partial charge in [0.15, 0.2) is 0 Å². The SMILES string of the molecule is CC(C)=NO.Cc1ccc(COCc2ccc(C)cc2)cc1. The molecule has 0 heterocycles. The number of hydrogen-bond donors (Lipinski definition) is 1. The van der Waals surface area contributed by atoms with Crippen LogP contribution in [0.5, 0.6) is 0 Å². The lowest BCUT2D eigenvalue weighted by Crippen LogP contribution is -1.94. The maximum absolute atomic E-state index is 7.73. The Morgan fingerprint density at radius 3 is 1.41 bits per heavy atom. The summed E-state index contributed by atoms with van der Waals surface area (Å²) in [7, 11) is 0. The average Bonchev–Trinajstić information content (AvgIpc) is 2.52. The molecule has 2 aromatic rings. The number of ether oxygens (including phenoxy) is 1. The van der Waals surface area contributed by atoms with Gasteiger partial charge in [0.25, 0.3) is 0 Å². The van der Waals surface area contributed by atoms with E-state index in [1.165, 1.54) is 22.3 Å². The fourth-order valence-electron chi connectivity index (χ4n) is 1.66. The third kappa shape index (κ3) is 7.60. The maximum Gasteiger partial charge on any atom is 0.0721 e. The third-order valence-electron chi connectivity index (χ3n) is 2.98. The summed E-state index contributed by atoms with van der Waals surface area (Å²) >= 11 is 0. The molecule has 22 heavy (non-hydrogen) atoms. The first kappa shape index (κ1) is 17.9. The van der Waals surface area contributed by atoms with Crippen LogP contribution in [-0.4, -0.2) is 10.9 Å². The standard InChI is InChI=1S/C16H18O.C3H7NO/c1-13-3-7-15(8-4-13)11-17-12-16-9-5-14(2)6-10-16;1-3(2)4-5/h3-10H,11-12H2,1-2H3;5H,1-2H3. The molecule has 0 aliphatic heterocycles. The Labute approximate surface area is 133 Å². The van der Waals surface area contributed by atoms with E-state index in [0.29, 0.717) is 18.9 Å². The van der Waals surface area contributed by atoms with Crippen molar-refractivity contribution in [3.05, 3.63) is 70.8 Å². The smallest absolute Gasteiger partial charge is 0.0721 e. The van der Waals surface area contributed by atoms with Crippen LogP contribution in [0.15, 0.2) is 53.7 Å². The van der Waals surface area contributed by atoms with Crippen molar-refractivity contribution < 1.29 is 9.94 Å². The zero-order valence-electron chi connectivity index (χ0n) is 13.8. The van der Waals surface area contributed by atoms with Crippen LogP contribution in [-0.2, 0) is 18.0 Å². The van der Waals surface area contributed by atoms with Gasteiger partial charge in [-0.15, -0.1) is 0 Å². The van der Waals surface area contributed by atoms with Gasteiger partial charge in [-0.1, -0.05) is 64.8 Å². The van der Waals surface area contributed by atoms with Crippen LogP contribution in [0, 0.1) is 13.8 Å². The normalized spacial score (nSPS) is 9.64. The summed E-state index contributed by atoms with van der Waals surface area (Å²) in [5, 5.41) is 10.5. The molecule has 0 atom stereocenters. The van der Waals surface area contributed by atoms with Gasteiger partial charge in [-0.3, -0.25) is 0 Å². The van der Waals surface area contributed by atoms with E-state index in [1.54, 1.807) is 13.8 Å². The lowest BCUT2D eigenvalue weighted by Gasteiger charge is -2.05. The van der Waals surface area contributed by atoms with Gasteiger partial charge in [0.2, 0.25) is 0 Å². The maximum atomic E-state index is 7.73. The second-order valence-corrected chi connectivity index (χ2v) is 5.51. The monoisotopic (exact) mass is 299 g/mol. The summed E-state index contributed by atoms with van der Waals surface area (Å²) in [5.74, 6) is 0. The van der Waals surface area contributed by atoms with Crippen molar-refractivity contribution >= 4 is 5.71 Å². The zero-order valence-corrected chi connectivity index (χ0v) is 13.8. The number of aryl methyl sites for hydroxylation is 2. The van der Waals surface area contributed by atoms with Gasteiger partial charge in [0, 0.05) is 0 Å². The van der Waals surface area contributed by atoms with Crippen LogP contribution in [0.3, 0.4) is 0 Å². The molecule has 0 aromatic heterocycles. The van der Waals surface area contributed by atoms with E-state index in [9.17, 15) is 0 Å². The first-order valence-electron chi connectivity index (χ1n) is 7.35. The van der Waals surface area contributed by atoms with Gasteiger partial charge in [0.05, 0.1) is 18.9 Å². The minimum Gasteiger partial charge on any atom is -0.411 e. The van der Waals surface area contributed by atoms with E-state index < -0.39 is 0 Å². The molecule has 3 nitrogen and oxygen atoms in total. The minimum atomic E-state index is 0.675. The molecule has 0 bridgehead atoms. The molecule has 0 radical (unpaired) electrons. The van der Waals surface area contributed by atoms with Crippen molar-refractivity contribution in [2.75, 3.05) is 0 Å². The van der Waals surface area contributed by atoms with Crippen LogP contribution < -0.4 is 0 Å². The summed E-state index contributed by atoms with van der Waals surface area (Å²) in [4.78, 5) is 0. The molecule has 0 saturated carbocycles. The Morgan fingerprint density at radius 2 is 1.14 bits per heavy atom. The second-order valence-electron chi connectivity index (χ2n) is 5.51. The highest BCUT2D eigenvalue weighted by atomic mass is 16.5. The summed E-state index contributed by atoms with van der Waals surface area (Å²) in [5.41, 5.74) is 5.70. The van der Waals surface area contributed by atoms with E-state index in [2.05, 4.69) is 67.5 Å². The van der Waals surface area contributed by atoms with Crippen LogP contribution in [0.4, 0.5) is 0 Å². The van der Waals surface area contributed by atoms with Gasteiger partial charge in [0.1, 0.15) is 0 Å². The quantitative estimate of drug-likeness (QED) is 0.497. The number of benzene rings is 2. The van der Waals surface area contributed by atoms with Crippen LogP contribution >= 0.6 is 0 Å². The predicted molar refractivity (Wildman–Crippen MR) is 91.4 cm³/mol.